The number of methoxy groups -OCH3 is 1. The van der Waals surface area contributed by atoms with Crippen molar-refractivity contribution in [3.8, 4) is 0 Å². The number of halogens is 2. The van der Waals surface area contributed by atoms with E-state index >= 15 is 0 Å². The maximum atomic E-state index is 5.25. The Kier molecular flexibility index (Phi) is 17.0. The Morgan fingerprint density at radius 1 is 1.04 bits per heavy atom. The molecule has 27 heavy (non-hydrogen) atoms. The number of fused-ring (bicyclic) bond motifs is 3. The predicted octanol–water partition coefficient (Wildman–Crippen LogP) is 0.400. The fourth-order valence-corrected chi connectivity index (χ4v) is 2.70. The van der Waals surface area contributed by atoms with Crippen molar-refractivity contribution in [2.75, 3.05) is 7.11 Å². The standard InChI is InChI=1S/C15H13O.C5H5.C3H7.2ClH.Zr/c1-16-10-13-7-4-6-12-9-11-5-2-3-8-14(11)15(12)13;1-2-4-5-3-1;1-3-2;;;/h2-9H,10H2,1H3;1-3H,4H2;3H,1-2H3;2*1H;/q3*-1;;;+2/p-2. The van der Waals surface area contributed by atoms with Crippen LogP contribution in [-0.4, -0.2) is 7.11 Å². The Bertz CT molecular complexity index is 811. The van der Waals surface area contributed by atoms with Gasteiger partial charge in [-0.25, -0.2) is 12.2 Å². The van der Waals surface area contributed by atoms with E-state index in [2.05, 4.69) is 60.7 Å². The molecule has 144 valence electrons. The van der Waals surface area contributed by atoms with E-state index in [1.54, 1.807) is 7.11 Å². The average molecular weight is 480 g/mol. The van der Waals surface area contributed by atoms with Crippen LogP contribution in [0, 0.1) is 12.5 Å². The molecular weight excluding hydrogens is 454 g/mol. The number of allylic oxidation sites excluding steroid dienone is 4. The van der Waals surface area contributed by atoms with Crippen LogP contribution < -0.4 is 24.8 Å². The Labute approximate surface area is 195 Å². The van der Waals surface area contributed by atoms with E-state index in [0.717, 1.165) is 6.42 Å². The molecular formula is C23H25Cl2OZr-3. The molecule has 0 atom stereocenters. The van der Waals surface area contributed by atoms with E-state index < -0.39 is 0 Å². The maximum Gasteiger partial charge on any atom is 2.00 e. The van der Waals surface area contributed by atoms with Crippen molar-refractivity contribution in [2.24, 2.45) is 0 Å². The summed E-state index contributed by atoms with van der Waals surface area (Å²) in [6, 6.07) is 17.1. The van der Waals surface area contributed by atoms with Gasteiger partial charge in [0.2, 0.25) is 0 Å². The third kappa shape index (κ3) is 8.40. The van der Waals surface area contributed by atoms with Gasteiger partial charge >= 0.3 is 26.2 Å². The second kappa shape index (κ2) is 16.2. The van der Waals surface area contributed by atoms with Crippen LogP contribution in [0.4, 0.5) is 0 Å². The van der Waals surface area contributed by atoms with Crippen molar-refractivity contribution in [3.63, 3.8) is 0 Å². The summed E-state index contributed by atoms with van der Waals surface area (Å²) in [5.74, 6) is 0. The Morgan fingerprint density at radius 2 is 1.70 bits per heavy atom. The van der Waals surface area contributed by atoms with Gasteiger partial charge in [-0.15, -0.1) is 46.2 Å². The van der Waals surface area contributed by atoms with Gasteiger partial charge in [0, 0.05) is 7.11 Å². The summed E-state index contributed by atoms with van der Waals surface area (Å²) in [7, 11) is 1.74. The summed E-state index contributed by atoms with van der Waals surface area (Å²) in [4.78, 5) is 0. The molecule has 0 radical (unpaired) electrons. The molecule has 0 saturated carbocycles. The number of ether oxygens (including phenoxy) is 1. The van der Waals surface area contributed by atoms with E-state index in [9.17, 15) is 0 Å². The van der Waals surface area contributed by atoms with Gasteiger partial charge in [0.25, 0.3) is 0 Å². The quantitative estimate of drug-likeness (QED) is 0.484. The van der Waals surface area contributed by atoms with Crippen LogP contribution >= 0.6 is 0 Å². The monoisotopic (exact) mass is 477 g/mol. The van der Waals surface area contributed by atoms with Gasteiger partial charge in [0.1, 0.15) is 0 Å². The fourth-order valence-electron chi connectivity index (χ4n) is 2.70. The minimum Gasteiger partial charge on any atom is -1.00 e. The molecule has 0 heterocycles. The van der Waals surface area contributed by atoms with Crippen LogP contribution in [0.2, 0.25) is 0 Å². The van der Waals surface area contributed by atoms with Gasteiger partial charge in [-0.2, -0.15) is 19.9 Å². The van der Waals surface area contributed by atoms with Gasteiger partial charge in [0.15, 0.2) is 0 Å². The Morgan fingerprint density at radius 3 is 2.26 bits per heavy atom. The molecule has 3 aromatic carbocycles. The zero-order valence-electron chi connectivity index (χ0n) is 16.0. The van der Waals surface area contributed by atoms with E-state index in [1.165, 1.54) is 27.1 Å². The zero-order valence-corrected chi connectivity index (χ0v) is 20.0. The first-order valence-electron chi connectivity index (χ1n) is 8.32. The molecule has 4 heteroatoms. The van der Waals surface area contributed by atoms with Crippen LogP contribution in [0.3, 0.4) is 0 Å². The van der Waals surface area contributed by atoms with Crippen molar-refractivity contribution >= 4 is 21.5 Å². The van der Waals surface area contributed by atoms with Crippen LogP contribution in [0.1, 0.15) is 25.8 Å². The Hall–Kier alpha value is -0.787. The fraction of sp³-hybridized carbons (Fsp3) is 0.217. The van der Waals surface area contributed by atoms with Gasteiger partial charge < -0.3 is 36.0 Å². The molecule has 0 amide bonds. The van der Waals surface area contributed by atoms with Gasteiger partial charge in [-0.3, -0.25) is 6.08 Å². The van der Waals surface area contributed by atoms with Gasteiger partial charge in [-0.1, -0.05) is 35.9 Å². The van der Waals surface area contributed by atoms with Crippen LogP contribution in [0.5, 0.6) is 0 Å². The summed E-state index contributed by atoms with van der Waals surface area (Å²) in [5.41, 5.74) is 1.27. The predicted molar refractivity (Wildman–Crippen MR) is 105 cm³/mol. The van der Waals surface area contributed by atoms with E-state index in [4.69, 9.17) is 4.74 Å². The first-order chi connectivity index (χ1) is 11.8. The topological polar surface area (TPSA) is 9.23 Å². The van der Waals surface area contributed by atoms with E-state index in [0.29, 0.717) is 6.61 Å². The van der Waals surface area contributed by atoms with Crippen molar-refractivity contribution in [1.82, 2.24) is 0 Å². The molecule has 0 N–H and O–H groups in total. The third-order valence-corrected chi connectivity index (χ3v) is 3.61. The maximum absolute atomic E-state index is 5.25. The minimum absolute atomic E-state index is 0. The molecule has 0 saturated heterocycles. The molecule has 0 unspecified atom stereocenters. The summed E-state index contributed by atoms with van der Waals surface area (Å²) >= 11 is 0. The summed E-state index contributed by atoms with van der Waals surface area (Å²) in [5, 5.41) is 5.27. The molecule has 0 bridgehead atoms. The number of benzene rings is 2. The number of rotatable bonds is 2. The van der Waals surface area contributed by atoms with Gasteiger partial charge in [0.05, 0.1) is 6.61 Å². The van der Waals surface area contributed by atoms with Crippen molar-refractivity contribution < 1.29 is 55.8 Å². The normalized spacial score (nSPS) is 10.6. The zero-order chi connectivity index (χ0) is 17.2. The average Bonchev–Trinajstić information content (AvgIpc) is 3.27. The Balaban J connectivity index is 0. The van der Waals surface area contributed by atoms with Crippen molar-refractivity contribution in [3.05, 3.63) is 84.8 Å². The van der Waals surface area contributed by atoms with Crippen molar-refractivity contribution in [1.29, 1.82) is 0 Å². The molecule has 0 spiro atoms. The molecule has 0 fully saturated rings. The first-order valence-corrected chi connectivity index (χ1v) is 8.32. The molecule has 4 rings (SSSR count). The first kappa shape index (κ1) is 28.4. The van der Waals surface area contributed by atoms with E-state index in [-0.39, 0.29) is 51.0 Å². The van der Waals surface area contributed by atoms with Crippen LogP contribution in [0.25, 0.3) is 21.5 Å². The smallest absolute Gasteiger partial charge is 1.00 e. The van der Waals surface area contributed by atoms with Gasteiger partial charge in [-0.05, 0) is 0 Å². The molecule has 1 nitrogen and oxygen atoms in total. The molecule has 1 aliphatic carbocycles. The summed E-state index contributed by atoms with van der Waals surface area (Å²) in [6.45, 7) is 4.67. The molecule has 1 aliphatic rings. The number of hydrogen-bond acceptors (Lipinski definition) is 1. The van der Waals surface area contributed by atoms with Crippen LogP contribution in [0.15, 0.2) is 66.8 Å². The second-order valence-electron chi connectivity index (χ2n) is 5.63. The SMILES string of the molecule is COCc1cccc2[cH-]c3ccccc3c12.C[CH-]C.[C-]1=CC=CC1.[Cl-].[Cl-].[Zr+2]. The molecule has 0 aromatic heterocycles. The summed E-state index contributed by atoms with van der Waals surface area (Å²) < 4.78 is 5.25. The minimum atomic E-state index is 0. The molecule has 3 aromatic rings. The number of hydrogen-bond donors (Lipinski definition) is 0. The third-order valence-electron chi connectivity index (χ3n) is 3.61. The van der Waals surface area contributed by atoms with E-state index in [1.807, 2.05) is 32.4 Å². The second-order valence-corrected chi connectivity index (χ2v) is 5.63. The van der Waals surface area contributed by atoms with Crippen LogP contribution in [-0.2, 0) is 37.5 Å². The van der Waals surface area contributed by atoms with Crippen molar-refractivity contribution in [2.45, 2.75) is 26.9 Å². The largest absolute Gasteiger partial charge is 2.00 e. The summed E-state index contributed by atoms with van der Waals surface area (Å²) in [6.07, 6.45) is 12.0. The molecule has 0 aliphatic heterocycles.